The molecule has 0 saturated carbocycles. The first kappa shape index (κ1) is 17.4. The SMILES string of the molecule is CC[S@](=O)c1ccccc1C(=O)OCC(=O)N1CCc2ccccc21. The maximum Gasteiger partial charge on any atom is 0.339 e. The summed E-state index contributed by atoms with van der Waals surface area (Å²) in [7, 11) is -1.26. The van der Waals surface area contributed by atoms with Crippen LogP contribution in [0.4, 0.5) is 5.69 Å². The van der Waals surface area contributed by atoms with Gasteiger partial charge in [-0.15, -0.1) is 0 Å². The van der Waals surface area contributed by atoms with Gasteiger partial charge >= 0.3 is 5.97 Å². The van der Waals surface area contributed by atoms with E-state index in [4.69, 9.17) is 4.74 Å². The average molecular weight is 357 g/mol. The number of fused-ring (bicyclic) bond motifs is 1. The number of hydrogen-bond acceptors (Lipinski definition) is 4. The second-order valence-corrected chi connectivity index (χ2v) is 7.34. The first-order valence-electron chi connectivity index (χ1n) is 8.14. The number of rotatable bonds is 5. The monoisotopic (exact) mass is 357 g/mol. The molecule has 0 bridgehead atoms. The summed E-state index contributed by atoms with van der Waals surface area (Å²) in [5, 5.41) is 0. The Kier molecular flexibility index (Phi) is 5.28. The van der Waals surface area contributed by atoms with Gasteiger partial charge in [0.15, 0.2) is 6.61 Å². The Labute approximate surface area is 149 Å². The highest BCUT2D eigenvalue weighted by atomic mass is 32.2. The van der Waals surface area contributed by atoms with Crippen molar-refractivity contribution in [3.05, 3.63) is 59.7 Å². The summed E-state index contributed by atoms with van der Waals surface area (Å²) in [5.74, 6) is -0.473. The van der Waals surface area contributed by atoms with Gasteiger partial charge in [-0.3, -0.25) is 9.00 Å². The molecule has 0 spiro atoms. The number of anilines is 1. The van der Waals surface area contributed by atoms with Crippen LogP contribution in [0.15, 0.2) is 53.4 Å². The van der Waals surface area contributed by atoms with E-state index in [9.17, 15) is 13.8 Å². The van der Waals surface area contributed by atoms with Gasteiger partial charge in [-0.05, 0) is 30.2 Å². The molecule has 2 aromatic carbocycles. The van der Waals surface area contributed by atoms with Crippen molar-refractivity contribution in [2.45, 2.75) is 18.2 Å². The van der Waals surface area contributed by atoms with Gasteiger partial charge in [0.1, 0.15) is 0 Å². The number of ether oxygens (including phenoxy) is 1. The normalized spacial score (nSPS) is 14.0. The average Bonchev–Trinajstić information content (AvgIpc) is 3.09. The molecular weight excluding hydrogens is 338 g/mol. The highest BCUT2D eigenvalue weighted by molar-refractivity contribution is 7.85. The van der Waals surface area contributed by atoms with Gasteiger partial charge in [0.2, 0.25) is 0 Å². The van der Waals surface area contributed by atoms with Crippen molar-refractivity contribution >= 4 is 28.4 Å². The summed E-state index contributed by atoms with van der Waals surface area (Å²) in [5.41, 5.74) is 2.24. The Morgan fingerprint density at radius 3 is 2.64 bits per heavy atom. The molecule has 1 amide bonds. The fraction of sp³-hybridized carbons (Fsp3) is 0.263. The number of hydrogen-bond donors (Lipinski definition) is 0. The van der Waals surface area contributed by atoms with Crippen molar-refractivity contribution in [2.75, 3.05) is 23.8 Å². The second-order valence-electron chi connectivity index (χ2n) is 5.63. The molecule has 130 valence electrons. The van der Waals surface area contributed by atoms with E-state index in [2.05, 4.69) is 0 Å². The van der Waals surface area contributed by atoms with Crippen LogP contribution in [0.5, 0.6) is 0 Å². The van der Waals surface area contributed by atoms with E-state index < -0.39 is 16.8 Å². The molecule has 0 unspecified atom stereocenters. The van der Waals surface area contributed by atoms with Crippen LogP contribution in [-0.2, 0) is 26.8 Å². The van der Waals surface area contributed by atoms with E-state index in [1.807, 2.05) is 24.3 Å². The smallest absolute Gasteiger partial charge is 0.339 e. The fourth-order valence-electron chi connectivity index (χ4n) is 2.87. The lowest BCUT2D eigenvalue weighted by molar-refractivity contribution is -0.121. The van der Waals surface area contributed by atoms with Gasteiger partial charge in [0.25, 0.3) is 5.91 Å². The Balaban J connectivity index is 1.68. The van der Waals surface area contributed by atoms with E-state index in [0.29, 0.717) is 17.2 Å². The van der Waals surface area contributed by atoms with E-state index in [1.165, 1.54) is 0 Å². The summed E-state index contributed by atoms with van der Waals surface area (Å²) in [6.07, 6.45) is 0.800. The van der Waals surface area contributed by atoms with Crippen LogP contribution >= 0.6 is 0 Å². The van der Waals surface area contributed by atoms with Crippen molar-refractivity contribution in [3.63, 3.8) is 0 Å². The molecule has 0 aromatic heterocycles. The van der Waals surface area contributed by atoms with Crippen LogP contribution < -0.4 is 4.90 Å². The summed E-state index contributed by atoms with van der Waals surface area (Å²) < 4.78 is 17.2. The summed E-state index contributed by atoms with van der Waals surface area (Å²) >= 11 is 0. The molecule has 5 nitrogen and oxygen atoms in total. The molecule has 25 heavy (non-hydrogen) atoms. The predicted molar refractivity (Wildman–Crippen MR) is 96.2 cm³/mol. The lowest BCUT2D eigenvalue weighted by Gasteiger charge is -2.17. The first-order valence-corrected chi connectivity index (χ1v) is 9.46. The number of carbonyl (C=O) groups is 2. The van der Waals surface area contributed by atoms with Crippen molar-refractivity contribution in [1.82, 2.24) is 0 Å². The Hall–Kier alpha value is -2.47. The van der Waals surface area contributed by atoms with Crippen LogP contribution in [-0.4, -0.2) is 35.0 Å². The van der Waals surface area contributed by atoms with E-state index in [0.717, 1.165) is 17.7 Å². The zero-order valence-electron chi connectivity index (χ0n) is 13.9. The molecular formula is C19H19NO4S. The number of para-hydroxylation sites is 1. The predicted octanol–water partition coefficient (Wildman–Crippen LogP) is 2.56. The zero-order valence-corrected chi connectivity index (χ0v) is 14.8. The molecule has 1 heterocycles. The van der Waals surface area contributed by atoms with Crippen LogP contribution in [0.25, 0.3) is 0 Å². The minimum Gasteiger partial charge on any atom is -0.452 e. The molecule has 0 aliphatic carbocycles. The number of carbonyl (C=O) groups excluding carboxylic acids is 2. The molecule has 1 aliphatic heterocycles. The van der Waals surface area contributed by atoms with E-state index in [-0.39, 0.29) is 18.1 Å². The van der Waals surface area contributed by atoms with Gasteiger partial charge in [0, 0.05) is 18.0 Å². The largest absolute Gasteiger partial charge is 0.452 e. The molecule has 2 aromatic rings. The first-order chi connectivity index (χ1) is 12.1. The molecule has 1 atom stereocenters. The van der Waals surface area contributed by atoms with E-state index in [1.54, 1.807) is 36.1 Å². The summed E-state index contributed by atoms with van der Waals surface area (Å²) in [4.78, 5) is 26.8. The van der Waals surface area contributed by atoms with E-state index >= 15 is 0 Å². The highest BCUT2D eigenvalue weighted by Gasteiger charge is 2.25. The standard InChI is InChI=1S/C19H19NO4S/c1-2-25(23)17-10-6-4-8-15(17)19(22)24-13-18(21)20-12-11-14-7-3-5-9-16(14)20/h3-10H,2,11-13H2,1H3/t25-/m0/s1. The third-order valence-corrected chi connectivity index (χ3v) is 5.50. The van der Waals surface area contributed by atoms with Crippen LogP contribution in [0.2, 0.25) is 0 Å². The minimum atomic E-state index is -1.26. The summed E-state index contributed by atoms with van der Waals surface area (Å²) in [6.45, 7) is 2.04. The van der Waals surface area contributed by atoms with Crippen molar-refractivity contribution in [2.24, 2.45) is 0 Å². The van der Waals surface area contributed by atoms with Gasteiger partial charge in [-0.1, -0.05) is 37.3 Å². The van der Waals surface area contributed by atoms with Crippen molar-refractivity contribution < 1.29 is 18.5 Å². The molecule has 0 fully saturated rings. The number of nitrogens with zero attached hydrogens (tertiary/aromatic N) is 1. The minimum absolute atomic E-state index is 0.248. The van der Waals surface area contributed by atoms with Crippen molar-refractivity contribution in [3.8, 4) is 0 Å². The summed E-state index contributed by atoms with van der Waals surface area (Å²) in [6, 6.07) is 14.3. The molecule has 0 saturated heterocycles. The molecule has 0 N–H and O–H groups in total. The Morgan fingerprint density at radius 1 is 1.12 bits per heavy atom. The topological polar surface area (TPSA) is 63.7 Å². The maximum absolute atomic E-state index is 12.4. The third kappa shape index (κ3) is 3.64. The van der Waals surface area contributed by atoms with Crippen LogP contribution in [0.1, 0.15) is 22.8 Å². The Morgan fingerprint density at radius 2 is 1.84 bits per heavy atom. The van der Waals surface area contributed by atoms with Crippen LogP contribution in [0.3, 0.4) is 0 Å². The fourth-order valence-corrected chi connectivity index (χ4v) is 3.81. The maximum atomic E-state index is 12.4. The number of amides is 1. The highest BCUT2D eigenvalue weighted by Crippen LogP contribution is 2.27. The molecule has 1 aliphatic rings. The lowest BCUT2D eigenvalue weighted by Crippen LogP contribution is -2.33. The van der Waals surface area contributed by atoms with Crippen LogP contribution in [0, 0.1) is 0 Å². The van der Waals surface area contributed by atoms with Gasteiger partial charge < -0.3 is 9.64 Å². The molecule has 6 heteroatoms. The van der Waals surface area contributed by atoms with Crippen molar-refractivity contribution in [1.29, 1.82) is 0 Å². The third-order valence-electron chi connectivity index (χ3n) is 4.13. The van der Waals surface area contributed by atoms with Gasteiger partial charge in [0.05, 0.1) is 21.3 Å². The molecule has 0 radical (unpaired) electrons. The van der Waals surface area contributed by atoms with Gasteiger partial charge in [-0.2, -0.15) is 0 Å². The second kappa shape index (κ2) is 7.61. The van der Waals surface area contributed by atoms with Gasteiger partial charge in [-0.25, -0.2) is 4.79 Å². The zero-order chi connectivity index (χ0) is 17.8. The lowest BCUT2D eigenvalue weighted by atomic mass is 10.2. The molecule has 3 rings (SSSR count). The number of benzene rings is 2. The Bertz CT molecular complexity index is 834. The quantitative estimate of drug-likeness (QED) is 0.772. The number of esters is 1.